The van der Waals surface area contributed by atoms with E-state index in [2.05, 4.69) is 25.6 Å². The van der Waals surface area contributed by atoms with Gasteiger partial charge in [0, 0.05) is 12.6 Å². The van der Waals surface area contributed by atoms with Gasteiger partial charge in [0.05, 0.1) is 10.7 Å². The summed E-state index contributed by atoms with van der Waals surface area (Å²) in [6, 6.07) is 5.96. The van der Waals surface area contributed by atoms with E-state index in [0.29, 0.717) is 22.8 Å². The number of amidine groups is 1. The minimum absolute atomic E-state index is 0.0197. The average Bonchev–Trinajstić information content (AvgIpc) is 2.47. The zero-order valence-corrected chi connectivity index (χ0v) is 11.2. The fourth-order valence-electron chi connectivity index (χ4n) is 1.58. The molecule has 2 rings (SSSR count). The lowest BCUT2D eigenvalue weighted by atomic mass is 10.1. The Kier molecular flexibility index (Phi) is 4.31. The average molecular weight is 293 g/mol. The van der Waals surface area contributed by atoms with Crippen LogP contribution in [0.5, 0.6) is 0 Å². The first kappa shape index (κ1) is 14.0. The molecular weight excluding hydrogens is 283 g/mol. The van der Waals surface area contributed by atoms with Crippen molar-refractivity contribution < 1.29 is 4.39 Å². The lowest BCUT2D eigenvalue weighted by Crippen LogP contribution is -2.20. The molecule has 0 aliphatic heterocycles. The van der Waals surface area contributed by atoms with Crippen LogP contribution in [-0.4, -0.2) is 22.9 Å². The van der Waals surface area contributed by atoms with Crippen LogP contribution in [0.4, 0.5) is 4.39 Å². The number of aromatic nitrogens is 2. The van der Waals surface area contributed by atoms with Crippen molar-refractivity contribution in [1.82, 2.24) is 15.3 Å². The van der Waals surface area contributed by atoms with Crippen LogP contribution in [0, 0.1) is 11.3 Å². The molecule has 0 fully saturated rings. The number of hydrogen-bond donors (Lipinski definition) is 2. The summed E-state index contributed by atoms with van der Waals surface area (Å²) in [5, 5.41) is 9.35. The molecular formula is C12H10ClFN6. The van der Waals surface area contributed by atoms with Crippen molar-refractivity contribution in [2.75, 3.05) is 7.05 Å². The molecule has 0 amide bonds. The number of benzene rings is 1. The summed E-state index contributed by atoms with van der Waals surface area (Å²) in [6.45, 7) is 0. The van der Waals surface area contributed by atoms with Crippen molar-refractivity contribution in [1.29, 1.82) is 5.53 Å². The minimum atomic E-state index is -0.491. The number of halogens is 2. The first-order valence-corrected chi connectivity index (χ1v) is 5.93. The molecule has 1 aromatic carbocycles. The smallest absolute Gasteiger partial charge is 0.176 e. The van der Waals surface area contributed by atoms with E-state index in [-0.39, 0.29) is 5.02 Å². The van der Waals surface area contributed by atoms with Gasteiger partial charge in [0.2, 0.25) is 0 Å². The Hall–Kier alpha value is -2.41. The van der Waals surface area contributed by atoms with Crippen LogP contribution >= 0.6 is 11.6 Å². The van der Waals surface area contributed by atoms with Crippen LogP contribution in [0.3, 0.4) is 0 Å². The van der Waals surface area contributed by atoms with Crippen LogP contribution in [0.25, 0.3) is 11.3 Å². The molecule has 1 aromatic heterocycles. The summed E-state index contributed by atoms with van der Waals surface area (Å²) in [5.41, 5.74) is 8.43. The molecule has 0 aliphatic carbocycles. The van der Waals surface area contributed by atoms with Gasteiger partial charge in [-0.1, -0.05) is 16.8 Å². The fraction of sp³-hybridized carbons (Fsp3) is 0.0833. The third-order valence-electron chi connectivity index (χ3n) is 2.51. The Morgan fingerprint density at radius 3 is 2.80 bits per heavy atom. The Morgan fingerprint density at radius 1 is 1.35 bits per heavy atom. The Bertz CT molecular complexity index is 673. The van der Waals surface area contributed by atoms with E-state index in [1.807, 2.05) is 0 Å². The van der Waals surface area contributed by atoms with Gasteiger partial charge in [-0.3, -0.25) is 0 Å². The SMILES string of the molecule is CN/C(=N\N=N)c1cc(-c2ccc(F)c(Cl)c2)ncn1. The molecule has 8 heteroatoms. The summed E-state index contributed by atoms with van der Waals surface area (Å²) in [7, 11) is 1.64. The summed E-state index contributed by atoms with van der Waals surface area (Å²) < 4.78 is 13.1. The molecule has 20 heavy (non-hydrogen) atoms. The molecule has 6 nitrogen and oxygen atoms in total. The Morgan fingerprint density at radius 2 is 2.15 bits per heavy atom. The Labute approximate surface area is 119 Å². The monoisotopic (exact) mass is 292 g/mol. The van der Waals surface area contributed by atoms with Gasteiger partial charge in [0.15, 0.2) is 5.84 Å². The third kappa shape index (κ3) is 2.94. The van der Waals surface area contributed by atoms with Gasteiger partial charge in [0.25, 0.3) is 0 Å². The van der Waals surface area contributed by atoms with Gasteiger partial charge >= 0.3 is 0 Å². The van der Waals surface area contributed by atoms with Gasteiger partial charge < -0.3 is 5.32 Å². The third-order valence-corrected chi connectivity index (χ3v) is 2.80. The zero-order chi connectivity index (χ0) is 14.5. The van der Waals surface area contributed by atoms with E-state index in [1.54, 1.807) is 19.2 Å². The molecule has 0 radical (unpaired) electrons. The number of nitrogens with zero attached hydrogens (tertiary/aromatic N) is 4. The predicted molar refractivity (Wildman–Crippen MR) is 73.2 cm³/mol. The highest BCUT2D eigenvalue weighted by Crippen LogP contribution is 2.23. The largest absolute Gasteiger partial charge is 0.370 e. The topological polar surface area (TPSA) is 86.4 Å². The summed E-state index contributed by atoms with van der Waals surface area (Å²) in [6.07, 6.45) is 1.35. The van der Waals surface area contributed by atoms with E-state index in [9.17, 15) is 4.39 Å². The summed E-state index contributed by atoms with van der Waals surface area (Å²) in [5.74, 6) is -0.160. The minimum Gasteiger partial charge on any atom is -0.370 e. The first-order chi connectivity index (χ1) is 9.65. The highest BCUT2D eigenvalue weighted by Gasteiger charge is 2.08. The van der Waals surface area contributed by atoms with Crippen LogP contribution in [-0.2, 0) is 0 Å². The number of nitrogens with one attached hydrogen (secondary N) is 2. The maximum absolute atomic E-state index is 13.1. The molecule has 1 heterocycles. The molecule has 0 bridgehead atoms. The van der Waals surface area contributed by atoms with Gasteiger partial charge in [0.1, 0.15) is 17.8 Å². The molecule has 0 atom stereocenters. The molecule has 2 aromatic rings. The van der Waals surface area contributed by atoms with Gasteiger partial charge in [-0.25, -0.2) is 14.4 Å². The second kappa shape index (κ2) is 6.16. The molecule has 0 unspecified atom stereocenters. The second-order valence-electron chi connectivity index (χ2n) is 3.72. The molecule has 0 spiro atoms. The van der Waals surface area contributed by atoms with Crippen molar-refractivity contribution in [3.05, 3.63) is 47.1 Å². The van der Waals surface area contributed by atoms with E-state index in [1.165, 1.54) is 18.5 Å². The van der Waals surface area contributed by atoms with Crippen molar-refractivity contribution >= 4 is 17.4 Å². The second-order valence-corrected chi connectivity index (χ2v) is 4.12. The molecule has 0 aliphatic rings. The lowest BCUT2D eigenvalue weighted by molar-refractivity contribution is 0.628. The summed E-state index contributed by atoms with van der Waals surface area (Å²) >= 11 is 5.75. The van der Waals surface area contributed by atoms with Gasteiger partial charge in [-0.05, 0) is 24.3 Å². The fourth-order valence-corrected chi connectivity index (χ4v) is 1.76. The normalized spacial score (nSPS) is 11.2. The molecule has 0 saturated carbocycles. The molecule has 0 saturated heterocycles. The number of rotatable bonds is 3. The van der Waals surface area contributed by atoms with Crippen molar-refractivity contribution in [2.45, 2.75) is 0 Å². The lowest BCUT2D eigenvalue weighted by Gasteiger charge is -2.06. The van der Waals surface area contributed by atoms with E-state index >= 15 is 0 Å². The maximum atomic E-state index is 13.1. The van der Waals surface area contributed by atoms with Gasteiger partial charge in [-0.2, -0.15) is 5.53 Å². The first-order valence-electron chi connectivity index (χ1n) is 5.55. The van der Waals surface area contributed by atoms with Crippen molar-refractivity contribution in [3.63, 3.8) is 0 Å². The highest BCUT2D eigenvalue weighted by molar-refractivity contribution is 6.31. The van der Waals surface area contributed by atoms with E-state index in [0.717, 1.165) is 0 Å². The standard InChI is InChI=1S/C12H10ClFN6/c1-16-12(19-20-15)11-5-10(17-6-18-11)7-2-3-9(14)8(13)4-7/h2-6H,1H3,(H2,15,16,19). The maximum Gasteiger partial charge on any atom is 0.176 e. The summed E-state index contributed by atoms with van der Waals surface area (Å²) in [4.78, 5) is 8.14. The number of hydrogen-bond acceptors (Lipinski definition) is 4. The predicted octanol–water partition coefficient (Wildman–Crippen LogP) is 2.85. The van der Waals surface area contributed by atoms with Crippen LogP contribution in [0.1, 0.15) is 5.69 Å². The zero-order valence-electron chi connectivity index (χ0n) is 10.4. The molecule has 102 valence electrons. The van der Waals surface area contributed by atoms with Crippen molar-refractivity contribution in [2.24, 2.45) is 10.3 Å². The highest BCUT2D eigenvalue weighted by atomic mass is 35.5. The van der Waals surface area contributed by atoms with Crippen LogP contribution in [0.15, 0.2) is 40.9 Å². The Balaban J connectivity index is 2.46. The van der Waals surface area contributed by atoms with Crippen LogP contribution < -0.4 is 5.32 Å². The van der Waals surface area contributed by atoms with E-state index in [4.69, 9.17) is 17.1 Å². The van der Waals surface area contributed by atoms with Crippen LogP contribution in [0.2, 0.25) is 5.02 Å². The van der Waals surface area contributed by atoms with Gasteiger partial charge in [-0.15, -0.1) is 5.10 Å². The van der Waals surface area contributed by atoms with E-state index < -0.39 is 5.82 Å². The quantitative estimate of drug-likeness (QED) is 0.395. The van der Waals surface area contributed by atoms with Crippen molar-refractivity contribution in [3.8, 4) is 11.3 Å². The molecule has 2 N–H and O–H groups in total.